The van der Waals surface area contributed by atoms with Gasteiger partial charge in [-0.1, -0.05) is 6.92 Å². The summed E-state index contributed by atoms with van der Waals surface area (Å²) in [5.41, 5.74) is 0. The molecule has 0 radical (unpaired) electrons. The summed E-state index contributed by atoms with van der Waals surface area (Å²) < 4.78 is 0. The van der Waals surface area contributed by atoms with Crippen molar-refractivity contribution in [1.29, 1.82) is 5.26 Å². The van der Waals surface area contributed by atoms with E-state index in [-0.39, 0.29) is 57.3 Å². The molecular weight excluding hydrogens is 131 g/mol. The van der Waals surface area contributed by atoms with Crippen LogP contribution in [-0.2, 0) is 4.79 Å². The maximum atomic E-state index is 10.1. The van der Waals surface area contributed by atoms with Crippen molar-refractivity contribution >= 4 is 57.3 Å². The number of nitrogens with zero attached hydrogens (tertiary/aromatic N) is 1. The predicted molar refractivity (Wildman–Crippen MR) is 31.2 cm³/mol. The van der Waals surface area contributed by atoms with Crippen molar-refractivity contribution < 1.29 is 4.79 Å². The van der Waals surface area contributed by atoms with Gasteiger partial charge in [-0.3, -0.25) is 10.1 Å². The molecule has 1 N–H and O–H groups in total. The Morgan fingerprint density at radius 1 is 1.88 bits per heavy atom. The molecule has 0 bridgehead atoms. The first kappa shape index (κ1) is 11.4. The number of hydrogen-bond acceptors (Lipinski definition) is 2. The molecule has 0 saturated heterocycles. The van der Waals surface area contributed by atoms with Crippen LogP contribution in [0.3, 0.4) is 0 Å². The van der Waals surface area contributed by atoms with Gasteiger partial charge in [0.15, 0.2) is 6.19 Å². The number of hydrogen-bond donors (Lipinski definition) is 1. The van der Waals surface area contributed by atoms with Crippen molar-refractivity contribution in [1.82, 2.24) is 5.32 Å². The fourth-order valence-electron chi connectivity index (χ4n) is 0.151. The molecule has 40 valence electrons. The molecule has 0 atom stereocenters. The fraction of sp³-hybridized carbons (Fsp3) is 0.500. The first-order valence-electron chi connectivity index (χ1n) is 1.99. The van der Waals surface area contributed by atoms with Gasteiger partial charge in [0.2, 0.25) is 5.91 Å². The van der Waals surface area contributed by atoms with E-state index in [9.17, 15) is 4.79 Å². The second-order valence-electron chi connectivity index (χ2n) is 1.01. The first-order valence-corrected chi connectivity index (χ1v) is 1.99. The summed E-state index contributed by atoms with van der Waals surface area (Å²) in [7, 11) is 0. The van der Waals surface area contributed by atoms with Crippen LogP contribution in [0.15, 0.2) is 0 Å². The van der Waals surface area contributed by atoms with Gasteiger partial charge >= 0.3 is 51.4 Å². The van der Waals surface area contributed by atoms with Crippen LogP contribution in [0, 0.1) is 11.5 Å². The van der Waals surface area contributed by atoms with Crippen LogP contribution in [0.1, 0.15) is 13.3 Å². The number of carbonyl (C=O) groups excluding carboxylic acids is 1. The molecule has 0 unspecified atom stereocenters. The second-order valence-corrected chi connectivity index (χ2v) is 1.01. The van der Waals surface area contributed by atoms with E-state index in [0.29, 0.717) is 6.42 Å². The third kappa shape index (κ3) is 6.60. The number of amides is 1. The van der Waals surface area contributed by atoms with Crippen LogP contribution >= 0.6 is 0 Å². The Morgan fingerprint density at radius 3 is 2.50 bits per heavy atom. The molecule has 0 aromatic heterocycles. The van der Waals surface area contributed by atoms with E-state index in [1.807, 2.05) is 5.32 Å². The Labute approximate surface area is 90.9 Å². The van der Waals surface area contributed by atoms with Gasteiger partial charge in [0.25, 0.3) is 0 Å². The zero-order chi connectivity index (χ0) is 5.70. The van der Waals surface area contributed by atoms with Crippen molar-refractivity contribution in [2.45, 2.75) is 13.3 Å². The maximum absolute atomic E-state index is 10.1. The van der Waals surface area contributed by atoms with Crippen molar-refractivity contribution in [2.24, 2.45) is 0 Å². The fourth-order valence-corrected chi connectivity index (χ4v) is 0.151. The molecule has 8 heavy (non-hydrogen) atoms. The summed E-state index contributed by atoms with van der Waals surface area (Å²) in [6, 6.07) is 0. The summed E-state index contributed by atoms with van der Waals surface area (Å²) in [4.78, 5) is 10.1. The van der Waals surface area contributed by atoms with Gasteiger partial charge in [-0.15, -0.1) is 0 Å². The molecule has 0 aromatic rings. The monoisotopic (exact) mass is 138 g/mol. The molecule has 0 heterocycles. The molecule has 0 rings (SSSR count). The standard InChI is InChI=1S/C4H6N2O.K.H/c1-2-4(7)6-3-5;;/h2H2,1H3,(H,6,7);;. The Bertz CT molecular complexity index is 107. The quantitative estimate of drug-likeness (QED) is 0.297. The summed E-state index contributed by atoms with van der Waals surface area (Å²) >= 11 is 0. The van der Waals surface area contributed by atoms with Crippen LogP contribution in [0.25, 0.3) is 0 Å². The third-order valence-corrected chi connectivity index (χ3v) is 0.516. The summed E-state index contributed by atoms with van der Waals surface area (Å²) in [6.45, 7) is 1.69. The minimum absolute atomic E-state index is 0. The molecule has 4 heteroatoms. The number of rotatable bonds is 1. The van der Waals surface area contributed by atoms with E-state index in [4.69, 9.17) is 5.26 Å². The molecule has 0 aliphatic rings. The predicted octanol–water partition coefficient (Wildman–Crippen LogP) is -0.655. The van der Waals surface area contributed by atoms with E-state index in [1.165, 1.54) is 6.19 Å². The Morgan fingerprint density at radius 2 is 2.38 bits per heavy atom. The van der Waals surface area contributed by atoms with E-state index in [0.717, 1.165) is 0 Å². The molecule has 0 aliphatic heterocycles. The molecule has 0 aromatic carbocycles. The molecule has 0 spiro atoms. The first-order chi connectivity index (χ1) is 3.31. The topological polar surface area (TPSA) is 52.9 Å². The van der Waals surface area contributed by atoms with E-state index < -0.39 is 0 Å². The Balaban J connectivity index is 0. The molecular formula is C4H7KN2O. The van der Waals surface area contributed by atoms with Crippen molar-refractivity contribution in [3.8, 4) is 6.19 Å². The van der Waals surface area contributed by atoms with Gasteiger partial charge in [-0.25, -0.2) is 0 Å². The summed E-state index contributed by atoms with van der Waals surface area (Å²) in [5.74, 6) is -0.234. The number of nitriles is 1. The Hall–Kier alpha value is 0.596. The zero-order valence-electron chi connectivity index (χ0n) is 4.06. The van der Waals surface area contributed by atoms with Crippen molar-refractivity contribution in [2.75, 3.05) is 0 Å². The zero-order valence-corrected chi connectivity index (χ0v) is 4.06. The van der Waals surface area contributed by atoms with Crippen molar-refractivity contribution in [3.05, 3.63) is 0 Å². The molecule has 1 amide bonds. The van der Waals surface area contributed by atoms with Crippen LogP contribution in [0.4, 0.5) is 0 Å². The summed E-state index contributed by atoms with van der Waals surface area (Å²) in [6.07, 6.45) is 1.89. The molecule has 0 saturated carbocycles. The average molecular weight is 138 g/mol. The van der Waals surface area contributed by atoms with Crippen molar-refractivity contribution in [3.63, 3.8) is 0 Å². The van der Waals surface area contributed by atoms with Gasteiger partial charge in [0, 0.05) is 6.42 Å². The number of carbonyl (C=O) groups is 1. The molecule has 0 aliphatic carbocycles. The van der Waals surface area contributed by atoms with Gasteiger partial charge in [0.1, 0.15) is 0 Å². The normalized spacial score (nSPS) is 6.00. The van der Waals surface area contributed by atoms with Gasteiger partial charge in [-0.2, -0.15) is 5.26 Å². The van der Waals surface area contributed by atoms with E-state index >= 15 is 0 Å². The van der Waals surface area contributed by atoms with E-state index in [1.54, 1.807) is 6.92 Å². The minimum atomic E-state index is -0.234. The number of nitrogens with one attached hydrogen (secondary N) is 1. The SMILES string of the molecule is CCC(=O)NC#N.[KH]. The van der Waals surface area contributed by atoms with Gasteiger partial charge in [0.05, 0.1) is 0 Å². The second kappa shape index (κ2) is 7.60. The summed E-state index contributed by atoms with van der Waals surface area (Å²) in [5, 5.41) is 9.75. The van der Waals surface area contributed by atoms with Gasteiger partial charge in [-0.05, 0) is 0 Å². The van der Waals surface area contributed by atoms with Gasteiger partial charge < -0.3 is 0 Å². The van der Waals surface area contributed by atoms with Crippen LogP contribution < -0.4 is 5.32 Å². The molecule has 3 nitrogen and oxygen atoms in total. The third-order valence-electron chi connectivity index (χ3n) is 0.516. The van der Waals surface area contributed by atoms with E-state index in [2.05, 4.69) is 0 Å². The average Bonchev–Trinajstić information content (AvgIpc) is 1.68. The van der Waals surface area contributed by atoms with Crippen LogP contribution in [0.2, 0.25) is 0 Å². The Kier molecular flexibility index (Phi) is 10.8. The van der Waals surface area contributed by atoms with Crippen LogP contribution in [-0.4, -0.2) is 57.3 Å². The van der Waals surface area contributed by atoms with Crippen LogP contribution in [0.5, 0.6) is 0 Å². The molecule has 0 fully saturated rings.